The number of carbonyl (C=O) groups excluding carboxylic acids is 2. The van der Waals surface area contributed by atoms with Crippen LogP contribution in [0.5, 0.6) is 0 Å². The van der Waals surface area contributed by atoms with Crippen molar-refractivity contribution in [3.8, 4) is 0 Å². The number of carbonyl (C=O) groups is 2. The van der Waals surface area contributed by atoms with Crippen molar-refractivity contribution >= 4 is 12.1 Å². The predicted molar refractivity (Wildman–Crippen MR) is 109 cm³/mol. The molecule has 0 aliphatic carbocycles. The van der Waals surface area contributed by atoms with Gasteiger partial charge in [-0.05, 0) is 12.0 Å². The molecule has 0 bridgehead atoms. The Bertz CT molecular complexity index is 535. The number of amides is 1. The van der Waals surface area contributed by atoms with E-state index in [9.17, 15) is 9.59 Å². The van der Waals surface area contributed by atoms with Crippen LogP contribution in [-0.4, -0.2) is 45.0 Å². The van der Waals surface area contributed by atoms with Crippen molar-refractivity contribution in [1.29, 1.82) is 0 Å². The SMILES string of the molecule is CCCCCCCCCOC(=O)C(Cc1ccccc1)NC(=O)OCCOC. The lowest BCUT2D eigenvalue weighted by Crippen LogP contribution is -2.44. The molecule has 6 nitrogen and oxygen atoms in total. The van der Waals surface area contributed by atoms with E-state index in [1.807, 2.05) is 30.3 Å². The molecule has 1 atom stereocenters. The molecule has 1 aromatic rings. The molecule has 1 aromatic carbocycles. The Morgan fingerprint density at radius 2 is 1.57 bits per heavy atom. The number of hydrogen-bond acceptors (Lipinski definition) is 5. The van der Waals surface area contributed by atoms with Gasteiger partial charge in [0.25, 0.3) is 0 Å². The molecule has 158 valence electrons. The molecule has 0 spiro atoms. The summed E-state index contributed by atoms with van der Waals surface area (Å²) in [6.45, 7) is 3.01. The number of esters is 1. The van der Waals surface area contributed by atoms with Gasteiger partial charge in [-0.25, -0.2) is 9.59 Å². The standard InChI is InChI=1S/C22H35NO5/c1-3-4-5-6-7-8-12-15-27-21(24)20(18-19-13-10-9-11-14-19)23-22(25)28-17-16-26-2/h9-11,13-14,20H,3-8,12,15-18H2,1-2H3,(H,23,25). The molecule has 6 heteroatoms. The van der Waals surface area contributed by atoms with Gasteiger partial charge in [0.2, 0.25) is 0 Å². The maximum absolute atomic E-state index is 12.5. The maximum atomic E-state index is 12.5. The number of nitrogens with one attached hydrogen (secondary N) is 1. The first kappa shape index (κ1) is 24.0. The van der Waals surface area contributed by atoms with Gasteiger partial charge < -0.3 is 19.5 Å². The summed E-state index contributed by atoms with van der Waals surface area (Å²) in [4.78, 5) is 24.4. The van der Waals surface area contributed by atoms with E-state index in [4.69, 9.17) is 14.2 Å². The molecule has 0 fully saturated rings. The average Bonchev–Trinajstić information content (AvgIpc) is 2.70. The van der Waals surface area contributed by atoms with Gasteiger partial charge in [-0.1, -0.05) is 75.8 Å². The van der Waals surface area contributed by atoms with Crippen LogP contribution in [-0.2, 0) is 25.4 Å². The molecule has 0 aliphatic rings. The minimum atomic E-state index is -0.776. The van der Waals surface area contributed by atoms with E-state index in [0.29, 0.717) is 19.6 Å². The Hall–Kier alpha value is -2.08. The first-order valence-corrected chi connectivity index (χ1v) is 10.3. The monoisotopic (exact) mass is 393 g/mol. The van der Waals surface area contributed by atoms with E-state index in [1.54, 1.807) is 0 Å². The lowest BCUT2D eigenvalue weighted by atomic mass is 10.1. The summed E-state index contributed by atoms with van der Waals surface area (Å²) in [5.74, 6) is -0.432. The highest BCUT2D eigenvalue weighted by atomic mass is 16.6. The zero-order valence-corrected chi connectivity index (χ0v) is 17.3. The van der Waals surface area contributed by atoms with Gasteiger partial charge in [-0.2, -0.15) is 0 Å². The topological polar surface area (TPSA) is 73.9 Å². The Morgan fingerprint density at radius 1 is 0.893 bits per heavy atom. The first-order chi connectivity index (χ1) is 13.7. The molecule has 1 rings (SSSR count). The van der Waals surface area contributed by atoms with E-state index in [0.717, 1.165) is 24.8 Å². The summed E-state index contributed by atoms with van der Waals surface area (Å²) in [6, 6.07) is 8.75. The second-order valence-corrected chi connectivity index (χ2v) is 6.80. The minimum absolute atomic E-state index is 0.132. The Labute approximate surface area is 168 Å². The molecule has 0 radical (unpaired) electrons. The molecule has 1 unspecified atom stereocenters. The lowest BCUT2D eigenvalue weighted by molar-refractivity contribution is -0.146. The largest absolute Gasteiger partial charge is 0.464 e. The fraction of sp³-hybridized carbons (Fsp3) is 0.636. The summed E-state index contributed by atoms with van der Waals surface area (Å²) in [5.41, 5.74) is 0.942. The number of benzene rings is 1. The molecule has 1 amide bonds. The molecular formula is C22H35NO5. The van der Waals surface area contributed by atoms with Crippen molar-refractivity contribution in [3.63, 3.8) is 0 Å². The summed E-state index contributed by atoms with van der Waals surface area (Å²) < 4.78 is 15.3. The van der Waals surface area contributed by atoms with Crippen LogP contribution in [0.3, 0.4) is 0 Å². The van der Waals surface area contributed by atoms with Crippen molar-refractivity contribution in [1.82, 2.24) is 5.32 Å². The zero-order valence-electron chi connectivity index (χ0n) is 17.3. The molecule has 1 N–H and O–H groups in total. The van der Waals surface area contributed by atoms with Crippen LogP contribution >= 0.6 is 0 Å². The van der Waals surface area contributed by atoms with Crippen molar-refractivity contribution < 1.29 is 23.8 Å². The van der Waals surface area contributed by atoms with E-state index in [1.165, 1.54) is 32.8 Å². The van der Waals surface area contributed by atoms with Gasteiger partial charge in [0.05, 0.1) is 13.2 Å². The first-order valence-electron chi connectivity index (χ1n) is 10.3. The number of methoxy groups -OCH3 is 1. The number of ether oxygens (including phenoxy) is 3. The molecule has 0 heterocycles. The molecule has 0 saturated heterocycles. The van der Waals surface area contributed by atoms with Crippen molar-refractivity contribution in [2.24, 2.45) is 0 Å². The van der Waals surface area contributed by atoms with Crippen molar-refractivity contribution in [2.45, 2.75) is 64.3 Å². The smallest absolute Gasteiger partial charge is 0.407 e. The molecule has 0 aliphatic heterocycles. The van der Waals surface area contributed by atoms with Crippen LogP contribution in [0.15, 0.2) is 30.3 Å². The Kier molecular flexibility index (Phi) is 13.6. The Morgan fingerprint density at radius 3 is 2.25 bits per heavy atom. The number of hydrogen-bond donors (Lipinski definition) is 1. The quantitative estimate of drug-likeness (QED) is 0.356. The number of alkyl carbamates (subject to hydrolysis) is 1. The molecule has 28 heavy (non-hydrogen) atoms. The maximum Gasteiger partial charge on any atom is 0.407 e. The second-order valence-electron chi connectivity index (χ2n) is 6.80. The highest BCUT2D eigenvalue weighted by Crippen LogP contribution is 2.08. The second kappa shape index (κ2) is 15.9. The van der Waals surface area contributed by atoms with Crippen LogP contribution in [0, 0.1) is 0 Å². The van der Waals surface area contributed by atoms with Gasteiger partial charge in [-0.3, -0.25) is 0 Å². The number of unbranched alkanes of at least 4 members (excludes halogenated alkanes) is 6. The highest BCUT2D eigenvalue weighted by molar-refractivity contribution is 5.81. The summed E-state index contributed by atoms with van der Waals surface area (Å²) in [5, 5.41) is 2.61. The normalized spacial score (nSPS) is 11.6. The van der Waals surface area contributed by atoms with Crippen LogP contribution in [0.25, 0.3) is 0 Å². The third-order valence-corrected chi connectivity index (χ3v) is 4.37. The number of rotatable bonds is 15. The third-order valence-electron chi connectivity index (χ3n) is 4.37. The van der Waals surface area contributed by atoms with E-state index in [2.05, 4.69) is 12.2 Å². The van der Waals surface area contributed by atoms with Crippen molar-refractivity contribution in [2.75, 3.05) is 26.9 Å². The van der Waals surface area contributed by atoms with Gasteiger partial charge in [0, 0.05) is 13.5 Å². The molecular weight excluding hydrogens is 358 g/mol. The predicted octanol–water partition coefficient (Wildman–Crippen LogP) is 4.26. The third kappa shape index (κ3) is 11.6. The van der Waals surface area contributed by atoms with E-state index >= 15 is 0 Å². The van der Waals surface area contributed by atoms with E-state index < -0.39 is 18.1 Å². The van der Waals surface area contributed by atoms with Gasteiger partial charge in [0.15, 0.2) is 0 Å². The van der Waals surface area contributed by atoms with Crippen LogP contribution in [0.4, 0.5) is 4.79 Å². The summed E-state index contributed by atoms with van der Waals surface area (Å²) in [7, 11) is 1.53. The summed E-state index contributed by atoms with van der Waals surface area (Å²) >= 11 is 0. The van der Waals surface area contributed by atoms with Crippen molar-refractivity contribution in [3.05, 3.63) is 35.9 Å². The zero-order chi connectivity index (χ0) is 20.5. The van der Waals surface area contributed by atoms with Crippen LogP contribution < -0.4 is 5.32 Å². The lowest BCUT2D eigenvalue weighted by Gasteiger charge is -2.18. The summed E-state index contributed by atoms with van der Waals surface area (Å²) in [6.07, 6.45) is 7.78. The van der Waals surface area contributed by atoms with Gasteiger partial charge >= 0.3 is 12.1 Å². The Balaban J connectivity index is 2.41. The van der Waals surface area contributed by atoms with Crippen LogP contribution in [0.1, 0.15) is 57.4 Å². The van der Waals surface area contributed by atoms with E-state index in [-0.39, 0.29) is 6.61 Å². The average molecular weight is 394 g/mol. The molecule has 0 saturated carbocycles. The van der Waals surface area contributed by atoms with Crippen LogP contribution in [0.2, 0.25) is 0 Å². The fourth-order valence-corrected chi connectivity index (χ4v) is 2.78. The van der Waals surface area contributed by atoms with Gasteiger partial charge in [0.1, 0.15) is 12.6 Å². The molecule has 0 aromatic heterocycles. The minimum Gasteiger partial charge on any atom is -0.464 e. The van der Waals surface area contributed by atoms with Gasteiger partial charge in [-0.15, -0.1) is 0 Å². The fourth-order valence-electron chi connectivity index (χ4n) is 2.78. The highest BCUT2D eigenvalue weighted by Gasteiger charge is 2.23.